The van der Waals surface area contributed by atoms with E-state index in [-0.39, 0.29) is 0 Å². The van der Waals surface area contributed by atoms with E-state index in [4.69, 9.17) is 13.9 Å². The zero-order chi connectivity index (χ0) is 12.8. The number of rotatable bonds is 5. The predicted molar refractivity (Wildman–Crippen MR) is 73.0 cm³/mol. The molecule has 0 spiro atoms. The molecule has 0 fully saturated rings. The van der Waals surface area contributed by atoms with Crippen LogP contribution in [0.5, 0.6) is 0 Å². The van der Waals surface area contributed by atoms with Gasteiger partial charge in [0.05, 0.1) is 7.11 Å². The van der Waals surface area contributed by atoms with Crippen LogP contribution in [0.15, 0.2) is 60.7 Å². The second kappa shape index (κ2) is 5.93. The maximum absolute atomic E-state index is 5.74. The zero-order valence-electron chi connectivity index (χ0n) is 10.5. The van der Waals surface area contributed by atoms with Crippen molar-refractivity contribution in [1.82, 2.24) is 0 Å². The fourth-order valence-electron chi connectivity index (χ4n) is 1.97. The minimum Gasteiger partial charge on any atom is -0.390 e. The highest BCUT2D eigenvalue weighted by molar-refractivity contribution is 6.92. The van der Waals surface area contributed by atoms with Crippen LogP contribution in [0.1, 0.15) is 0 Å². The van der Waals surface area contributed by atoms with Crippen molar-refractivity contribution in [3.05, 3.63) is 60.7 Å². The van der Waals surface area contributed by atoms with Gasteiger partial charge in [0, 0.05) is 17.5 Å². The van der Waals surface area contributed by atoms with E-state index in [1.165, 1.54) is 7.11 Å². The summed E-state index contributed by atoms with van der Waals surface area (Å²) in [7, 11) is 0.421. The molecule has 4 heteroatoms. The van der Waals surface area contributed by atoms with E-state index in [2.05, 4.69) is 0 Å². The normalized spacial score (nSPS) is 11.4. The second-order valence-electron chi connectivity index (χ2n) is 3.80. The van der Waals surface area contributed by atoms with Crippen LogP contribution in [0.4, 0.5) is 0 Å². The lowest BCUT2D eigenvalue weighted by atomic mass is 10.4. The van der Waals surface area contributed by atoms with Crippen molar-refractivity contribution in [1.29, 1.82) is 0 Å². The molecule has 0 aliphatic rings. The van der Waals surface area contributed by atoms with Gasteiger partial charge in [-0.25, -0.2) is 9.46 Å². The first kappa shape index (κ1) is 13.0. The van der Waals surface area contributed by atoms with Crippen LogP contribution in [0.25, 0.3) is 0 Å². The lowest BCUT2D eigenvalue weighted by molar-refractivity contribution is -0.200. The zero-order valence-corrected chi connectivity index (χ0v) is 11.5. The van der Waals surface area contributed by atoms with Crippen molar-refractivity contribution in [3.63, 3.8) is 0 Å². The summed E-state index contributed by atoms with van der Waals surface area (Å²) < 4.78 is 11.3. The molecule has 2 aromatic rings. The van der Waals surface area contributed by atoms with Crippen molar-refractivity contribution in [2.45, 2.75) is 0 Å². The Morgan fingerprint density at radius 2 is 1.17 bits per heavy atom. The molecule has 0 heterocycles. The molecule has 0 unspecified atom stereocenters. The lowest BCUT2D eigenvalue weighted by Crippen LogP contribution is -2.62. The van der Waals surface area contributed by atoms with Gasteiger partial charge in [-0.2, -0.15) is 0 Å². The predicted octanol–water partition coefficient (Wildman–Crippen LogP) is 1.47. The highest BCUT2D eigenvalue weighted by Gasteiger charge is 2.43. The molecular formula is C14H16O3Si. The Labute approximate surface area is 108 Å². The van der Waals surface area contributed by atoms with Crippen LogP contribution in [-0.2, 0) is 13.9 Å². The van der Waals surface area contributed by atoms with E-state index >= 15 is 0 Å². The van der Waals surface area contributed by atoms with E-state index in [0.29, 0.717) is 0 Å². The molecule has 3 nitrogen and oxygen atoms in total. The molecule has 0 saturated carbocycles. The van der Waals surface area contributed by atoms with Gasteiger partial charge in [0.25, 0.3) is 0 Å². The van der Waals surface area contributed by atoms with Crippen molar-refractivity contribution >= 4 is 18.9 Å². The largest absolute Gasteiger partial charge is 0.439 e. The SMILES string of the molecule is COO[Si](OC)(c1ccccc1)c1ccccc1. The Morgan fingerprint density at radius 1 is 0.722 bits per heavy atom. The topological polar surface area (TPSA) is 27.7 Å². The average molecular weight is 260 g/mol. The quantitative estimate of drug-likeness (QED) is 0.463. The smallest absolute Gasteiger partial charge is 0.390 e. The van der Waals surface area contributed by atoms with Gasteiger partial charge < -0.3 is 4.43 Å². The first-order valence-electron chi connectivity index (χ1n) is 5.71. The van der Waals surface area contributed by atoms with Gasteiger partial charge in [0.1, 0.15) is 0 Å². The van der Waals surface area contributed by atoms with Gasteiger partial charge in [-0.3, -0.25) is 0 Å². The van der Waals surface area contributed by atoms with E-state index in [9.17, 15) is 0 Å². The van der Waals surface area contributed by atoms with Gasteiger partial charge in [0.2, 0.25) is 0 Å². The van der Waals surface area contributed by atoms with Crippen LogP contribution < -0.4 is 10.4 Å². The minimum absolute atomic E-state index is 1.01. The first-order chi connectivity index (χ1) is 8.83. The number of hydrogen-bond donors (Lipinski definition) is 0. The minimum atomic E-state index is -2.74. The highest BCUT2D eigenvalue weighted by atomic mass is 28.4. The third-order valence-electron chi connectivity index (χ3n) is 2.80. The molecule has 0 aromatic heterocycles. The number of benzene rings is 2. The van der Waals surface area contributed by atoms with Crippen molar-refractivity contribution in [2.24, 2.45) is 0 Å². The summed E-state index contributed by atoms with van der Waals surface area (Å²) in [6.45, 7) is 0. The van der Waals surface area contributed by atoms with Crippen LogP contribution >= 0.6 is 0 Å². The molecule has 0 saturated heterocycles. The maximum atomic E-state index is 5.74. The molecule has 94 valence electrons. The molecule has 2 rings (SSSR count). The van der Waals surface area contributed by atoms with Crippen molar-refractivity contribution < 1.29 is 13.9 Å². The molecule has 0 bridgehead atoms. The molecule has 2 aromatic carbocycles. The molecule has 0 N–H and O–H groups in total. The van der Waals surface area contributed by atoms with Gasteiger partial charge in [-0.15, -0.1) is 0 Å². The van der Waals surface area contributed by atoms with Crippen molar-refractivity contribution in [3.8, 4) is 0 Å². The van der Waals surface area contributed by atoms with E-state index in [1.54, 1.807) is 7.11 Å². The van der Waals surface area contributed by atoms with E-state index in [0.717, 1.165) is 10.4 Å². The average Bonchev–Trinajstić information content (AvgIpc) is 2.47. The fourth-order valence-corrected chi connectivity index (χ4v) is 4.53. The van der Waals surface area contributed by atoms with Crippen LogP contribution in [0.2, 0.25) is 0 Å². The summed E-state index contributed by atoms with van der Waals surface area (Å²) in [6.07, 6.45) is 0. The Balaban J connectivity index is 2.53. The summed E-state index contributed by atoms with van der Waals surface area (Å²) >= 11 is 0. The molecule has 0 aliphatic carbocycles. The Kier molecular flexibility index (Phi) is 4.27. The van der Waals surface area contributed by atoms with Gasteiger partial charge >= 0.3 is 8.56 Å². The first-order valence-corrected chi connectivity index (χ1v) is 7.53. The summed E-state index contributed by atoms with van der Waals surface area (Å²) in [6, 6.07) is 19.8. The summed E-state index contributed by atoms with van der Waals surface area (Å²) in [4.78, 5) is 4.94. The molecule has 0 aliphatic heterocycles. The van der Waals surface area contributed by atoms with E-state index in [1.807, 2.05) is 60.7 Å². The lowest BCUT2D eigenvalue weighted by Gasteiger charge is -2.27. The van der Waals surface area contributed by atoms with Crippen LogP contribution in [-0.4, -0.2) is 22.8 Å². The fraction of sp³-hybridized carbons (Fsp3) is 0.143. The Morgan fingerprint density at radius 3 is 1.50 bits per heavy atom. The maximum Gasteiger partial charge on any atom is 0.439 e. The monoisotopic (exact) mass is 260 g/mol. The molecule has 18 heavy (non-hydrogen) atoms. The molecule has 0 atom stereocenters. The van der Waals surface area contributed by atoms with Gasteiger partial charge in [0.15, 0.2) is 0 Å². The summed E-state index contributed by atoms with van der Waals surface area (Å²) in [5, 5.41) is 2.03. The molecule has 0 radical (unpaired) electrons. The van der Waals surface area contributed by atoms with Crippen LogP contribution in [0.3, 0.4) is 0 Å². The standard InChI is InChI=1S/C14H16O3Si/c1-15-17-18(16-2,13-9-5-3-6-10-13)14-11-7-4-8-12-14/h3-12H,1-2H3. The Bertz CT molecular complexity index is 433. The Hall–Kier alpha value is -1.46. The van der Waals surface area contributed by atoms with Gasteiger partial charge in [-0.05, 0) is 0 Å². The second-order valence-corrected chi connectivity index (χ2v) is 6.77. The van der Waals surface area contributed by atoms with Crippen molar-refractivity contribution in [2.75, 3.05) is 14.2 Å². The molecular weight excluding hydrogens is 244 g/mol. The van der Waals surface area contributed by atoms with E-state index < -0.39 is 8.56 Å². The third-order valence-corrected chi connectivity index (χ3v) is 5.96. The van der Waals surface area contributed by atoms with Gasteiger partial charge in [-0.1, -0.05) is 60.7 Å². The third kappa shape index (κ3) is 2.37. The summed E-state index contributed by atoms with van der Waals surface area (Å²) in [5.74, 6) is 0. The van der Waals surface area contributed by atoms with Crippen LogP contribution in [0, 0.1) is 0 Å². The number of hydrogen-bond acceptors (Lipinski definition) is 3. The molecule has 0 amide bonds. The highest BCUT2D eigenvalue weighted by Crippen LogP contribution is 2.08. The summed E-state index contributed by atoms with van der Waals surface area (Å²) in [5.41, 5.74) is 0.